The lowest BCUT2D eigenvalue weighted by molar-refractivity contribution is -0.123. The normalized spacial score (nSPS) is 17.3. The molecule has 23 heavy (non-hydrogen) atoms. The van der Waals surface area contributed by atoms with Crippen LogP contribution in [0.4, 0.5) is 0 Å². The summed E-state index contributed by atoms with van der Waals surface area (Å²) < 4.78 is 0. The van der Waals surface area contributed by atoms with Crippen molar-refractivity contribution in [1.29, 1.82) is 0 Å². The summed E-state index contributed by atoms with van der Waals surface area (Å²) in [5, 5.41) is 6.59. The van der Waals surface area contributed by atoms with Crippen LogP contribution >= 0.6 is 0 Å². The molecule has 0 saturated carbocycles. The minimum atomic E-state index is 0.101. The molecule has 2 rings (SSSR count). The number of nitrogens with one attached hydrogen (secondary N) is 2. The molecule has 4 heteroatoms. The molecule has 128 valence electrons. The van der Waals surface area contributed by atoms with Gasteiger partial charge in [-0.3, -0.25) is 9.69 Å². The summed E-state index contributed by atoms with van der Waals surface area (Å²) in [5.74, 6) is 0.123. The standard InChI is InChI=1S/C19H31N3O/c1-5-18(17-7-6-14(2)12-15(17)3)21-19(23)13-22(4)16-8-10-20-11-9-16/h6-7,12,16,18,20H,5,8-11,13H2,1-4H3,(H,21,23)/t18-/m0/s1. The molecule has 1 aliphatic heterocycles. The predicted molar refractivity (Wildman–Crippen MR) is 95.6 cm³/mol. The van der Waals surface area contributed by atoms with Crippen molar-refractivity contribution in [2.75, 3.05) is 26.7 Å². The van der Waals surface area contributed by atoms with Crippen LogP contribution in [0.3, 0.4) is 0 Å². The molecule has 0 aliphatic carbocycles. The van der Waals surface area contributed by atoms with Crippen LogP contribution in [0.1, 0.15) is 48.9 Å². The van der Waals surface area contributed by atoms with Gasteiger partial charge in [-0.2, -0.15) is 0 Å². The number of amides is 1. The summed E-state index contributed by atoms with van der Waals surface area (Å²) in [5.41, 5.74) is 3.75. The molecule has 2 N–H and O–H groups in total. The van der Waals surface area contributed by atoms with Crippen molar-refractivity contribution in [3.05, 3.63) is 34.9 Å². The number of carbonyl (C=O) groups excluding carboxylic acids is 1. The Morgan fingerprint density at radius 2 is 2.04 bits per heavy atom. The number of rotatable bonds is 6. The van der Waals surface area contributed by atoms with Gasteiger partial charge in [0.15, 0.2) is 0 Å². The minimum Gasteiger partial charge on any atom is -0.348 e. The van der Waals surface area contributed by atoms with Crippen LogP contribution in [-0.2, 0) is 4.79 Å². The maximum atomic E-state index is 12.4. The molecule has 1 heterocycles. The number of benzene rings is 1. The second-order valence-corrected chi connectivity index (χ2v) is 6.78. The van der Waals surface area contributed by atoms with Gasteiger partial charge in [0.2, 0.25) is 5.91 Å². The highest BCUT2D eigenvalue weighted by Gasteiger charge is 2.21. The van der Waals surface area contributed by atoms with Gasteiger partial charge >= 0.3 is 0 Å². The van der Waals surface area contributed by atoms with Crippen LogP contribution in [0.2, 0.25) is 0 Å². The molecule has 1 aromatic rings. The van der Waals surface area contributed by atoms with Crippen LogP contribution in [0.15, 0.2) is 18.2 Å². The Bertz CT molecular complexity index is 523. The third kappa shape index (κ3) is 5.05. The minimum absolute atomic E-state index is 0.101. The maximum Gasteiger partial charge on any atom is 0.234 e. The topological polar surface area (TPSA) is 44.4 Å². The van der Waals surface area contributed by atoms with Gasteiger partial charge in [-0.1, -0.05) is 30.7 Å². The second kappa shape index (κ2) is 8.46. The van der Waals surface area contributed by atoms with Gasteiger partial charge in [0.1, 0.15) is 0 Å². The van der Waals surface area contributed by atoms with Gasteiger partial charge in [0.05, 0.1) is 12.6 Å². The molecule has 1 atom stereocenters. The van der Waals surface area contributed by atoms with E-state index in [2.05, 4.69) is 61.6 Å². The Balaban J connectivity index is 1.93. The Morgan fingerprint density at radius 3 is 2.65 bits per heavy atom. The monoisotopic (exact) mass is 317 g/mol. The molecule has 1 saturated heterocycles. The van der Waals surface area contributed by atoms with Crippen molar-refractivity contribution in [3.8, 4) is 0 Å². The van der Waals surface area contributed by atoms with Crippen LogP contribution in [0, 0.1) is 13.8 Å². The average Bonchev–Trinajstić information content (AvgIpc) is 2.54. The molecule has 0 aromatic heterocycles. The SMILES string of the molecule is CC[C@H](NC(=O)CN(C)C1CCNCC1)c1ccc(C)cc1C. The number of carbonyl (C=O) groups is 1. The second-order valence-electron chi connectivity index (χ2n) is 6.78. The first kappa shape index (κ1) is 18.0. The van der Waals surface area contributed by atoms with Crippen molar-refractivity contribution < 1.29 is 4.79 Å². The van der Waals surface area contributed by atoms with E-state index in [0.29, 0.717) is 12.6 Å². The van der Waals surface area contributed by atoms with Crippen molar-refractivity contribution in [2.45, 2.75) is 52.1 Å². The van der Waals surface area contributed by atoms with E-state index in [4.69, 9.17) is 0 Å². The summed E-state index contributed by atoms with van der Waals surface area (Å²) >= 11 is 0. The van der Waals surface area contributed by atoms with Gasteiger partial charge in [-0.05, 0) is 64.4 Å². The fraction of sp³-hybridized carbons (Fsp3) is 0.632. The molecule has 1 aliphatic rings. The first-order chi connectivity index (χ1) is 11.0. The fourth-order valence-corrected chi connectivity index (χ4v) is 3.46. The van der Waals surface area contributed by atoms with Crippen molar-refractivity contribution in [2.24, 2.45) is 0 Å². The van der Waals surface area contributed by atoms with E-state index in [9.17, 15) is 4.79 Å². The smallest absolute Gasteiger partial charge is 0.234 e. The van der Waals surface area contributed by atoms with Crippen LogP contribution in [0.5, 0.6) is 0 Å². The lowest BCUT2D eigenvalue weighted by Gasteiger charge is -2.31. The van der Waals surface area contributed by atoms with Gasteiger partial charge < -0.3 is 10.6 Å². The summed E-state index contributed by atoms with van der Waals surface area (Å²) in [4.78, 5) is 14.6. The van der Waals surface area contributed by atoms with Crippen molar-refractivity contribution in [1.82, 2.24) is 15.5 Å². The molecular weight excluding hydrogens is 286 g/mol. The molecule has 1 fully saturated rings. The first-order valence-electron chi connectivity index (χ1n) is 8.78. The maximum absolute atomic E-state index is 12.4. The molecule has 0 radical (unpaired) electrons. The molecular formula is C19H31N3O. The Labute approximate surface area is 140 Å². The number of likely N-dealkylation sites (N-methyl/N-ethyl adjacent to an activating group) is 1. The number of nitrogens with zero attached hydrogens (tertiary/aromatic N) is 1. The largest absolute Gasteiger partial charge is 0.348 e. The van der Waals surface area contributed by atoms with Gasteiger partial charge in [-0.15, -0.1) is 0 Å². The van der Waals surface area contributed by atoms with Gasteiger partial charge in [0, 0.05) is 6.04 Å². The quantitative estimate of drug-likeness (QED) is 0.847. The third-order valence-corrected chi connectivity index (χ3v) is 4.87. The number of hydrogen-bond acceptors (Lipinski definition) is 3. The lowest BCUT2D eigenvalue weighted by atomic mass is 9.97. The average molecular weight is 317 g/mol. The molecule has 4 nitrogen and oxygen atoms in total. The highest BCUT2D eigenvalue weighted by Crippen LogP contribution is 2.21. The predicted octanol–water partition coefficient (Wildman–Crippen LogP) is 2.55. The highest BCUT2D eigenvalue weighted by atomic mass is 16.2. The van der Waals surface area contributed by atoms with Crippen molar-refractivity contribution in [3.63, 3.8) is 0 Å². The van der Waals surface area contributed by atoms with Gasteiger partial charge in [0.25, 0.3) is 0 Å². The van der Waals surface area contributed by atoms with Crippen LogP contribution < -0.4 is 10.6 Å². The molecule has 1 aromatic carbocycles. The van der Waals surface area contributed by atoms with E-state index in [1.807, 2.05) is 0 Å². The fourth-order valence-electron chi connectivity index (χ4n) is 3.46. The number of piperidine rings is 1. The molecule has 0 bridgehead atoms. The van der Waals surface area contributed by atoms with E-state index in [1.54, 1.807) is 0 Å². The zero-order valence-corrected chi connectivity index (χ0v) is 15.0. The summed E-state index contributed by atoms with van der Waals surface area (Å²) in [6.07, 6.45) is 3.16. The number of aryl methyl sites for hydroxylation is 2. The lowest BCUT2D eigenvalue weighted by Crippen LogP contribution is -2.45. The molecule has 0 unspecified atom stereocenters. The molecule has 1 amide bonds. The van der Waals surface area contributed by atoms with E-state index in [1.165, 1.54) is 16.7 Å². The van der Waals surface area contributed by atoms with Crippen molar-refractivity contribution >= 4 is 5.91 Å². The Morgan fingerprint density at radius 1 is 1.35 bits per heavy atom. The van der Waals surface area contributed by atoms with E-state index in [0.717, 1.165) is 32.4 Å². The van der Waals surface area contributed by atoms with Crippen LogP contribution in [-0.4, -0.2) is 43.5 Å². The van der Waals surface area contributed by atoms with Crippen LogP contribution in [0.25, 0.3) is 0 Å². The molecule has 0 spiro atoms. The number of hydrogen-bond donors (Lipinski definition) is 2. The highest BCUT2D eigenvalue weighted by molar-refractivity contribution is 5.78. The van der Waals surface area contributed by atoms with E-state index >= 15 is 0 Å². The third-order valence-electron chi connectivity index (χ3n) is 4.87. The first-order valence-corrected chi connectivity index (χ1v) is 8.78. The Hall–Kier alpha value is -1.39. The van der Waals surface area contributed by atoms with E-state index < -0.39 is 0 Å². The van der Waals surface area contributed by atoms with Gasteiger partial charge in [-0.25, -0.2) is 0 Å². The summed E-state index contributed by atoms with van der Waals surface area (Å²) in [6.45, 7) is 8.93. The Kier molecular flexibility index (Phi) is 6.60. The summed E-state index contributed by atoms with van der Waals surface area (Å²) in [6, 6.07) is 7.08. The summed E-state index contributed by atoms with van der Waals surface area (Å²) in [7, 11) is 2.06. The van der Waals surface area contributed by atoms with E-state index in [-0.39, 0.29) is 11.9 Å². The zero-order chi connectivity index (χ0) is 16.8. The zero-order valence-electron chi connectivity index (χ0n) is 15.0.